The van der Waals surface area contributed by atoms with Gasteiger partial charge in [0.2, 0.25) is 5.69 Å². The van der Waals surface area contributed by atoms with Crippen LogP contribution in [0.3, 0.4) is 0 Å². The number of aromatic nitrogens is 1. The molecule has 4 aromatic carbocycles. The molecule has 2 aromatic heterocycles. The molecule has 0 saturated heterocycles. The van der Waals surface area contributed by atoms with Gasteiger partial charge in [0.15, 0.2) is 6.20 Å². The molecule has 154 valence electrons. The maximum Gasteiger partial charge on any atom is 0.216 e. The van der Waals surface area contributed by atoms with Crippen molar-refractivity contribution in [3.8, 4) is 22.4 Å². The zero-order valence-electron chi connectivity index (χ0n) is 17.9. The average molecular weight is 418 g/mol. The molecular formula is C29H21FNO+. The van der Waals surface area contributed by atoms with Crippen LogP contribution in [-0.4, -0.2) is 0 Å². The fraction of sp³-hybridized carbons (Fsp3) is 0.0690. The lowest BCUT2D eigenvalue weighted by molar-refractivity contribution is -0.660. The molecule has 32 heavy (non-hydrogen) atoms. The van der Waals surface area contributed by atoms with Crippen LogP contribution in [0, 0.1) is 12.7 Å². The van der Waals surface area contributed by atoms with Crippen LogP contribution in [0.25, 0.3) is 55.1 Å². The minimum atomic E-state index is -0.231. The van der Waals surface area contributed by atoms with Gasteiger partial charge < -0.3 is 4.42 Å². The van der Waals surface area contributed by atoms with Crippen molar-refractivity contribution in [3.63, 3.8) is 0 Å². The predicted octanol–water partition coefficient (Wildman–Crippen LogP) is 7.35. The van der Waals surface area contributed by atoms with Crippen LogP contribution in [-0.2, 0) is 7.05 Å². The second-order valence-electron chi connectivity index (χ2n) is 8.31. The number of furan rings is 1. The minimum Gasteiger partial charge on any atom is -0.455 e. The zero-order chi connectivity index (χ0) is 21.8. The number of nitrogens with zero attached hydrogens (tertiary/aromatic N) is 1. The SMILES string of the molecule is Cc1ccc2c(oc3ccc4ccccc4c32)c1-c1cc(-c2ccc(F)cc2)cc[n+]1C. The third-order valence-corrected chi connectivity index (χ3v) is 6.32. The largest absolute Gasteiger partial charge is 0.455 e. The molecule has 0 aliphatic carbocycles. The number of rotatable bonds is 2. The van der Waals surface area contributed by atoms with E-state index in [0.29, 0.717) is 0 Å². The normalized spacial score (nSPS) is 11.6. The van der Waals surface area contributed by atoms with Gasteiger partial charge in [-0.25, -0.2) is 8.96 Å². The molecule has 0 amide bonds. The van der Waals surface area contributed by atoms with Crippen molar-refractivity contribution in [2.24, 2.45) is 7.05 Å². The second-order valence-corrected chi connectivity index (χ2v) is 8.31. The van der Waals surface area contributed by atoms with Gasteiger partial charge >= 0.3 is 0 Å². The molecule has 0 aliphatic rings. The first-order chi connectivity index (χ1) is 15.6. The Morgan fingerprint density at radius 1 is 0.781 bits per heavy atom. The number of fused-ring (bicyclic) bond motifs is 5. The summed E-state index contributed by atoms with van der Waals surface area (Å²) in [6.45, 7) is 2.12. The van der Waals surface area contributed by atoms with E-state index in [2.05, 4.69) is 72.2 Å². The summed E-state index contributed by atoms with van der Waals surface area (Å²) in [7, 11) is 2.04. The fourth-order valence-electron chi connectivity index (χ4n) is 4.67. The topological polar surface area (TPSA) is 17.0 Å². The molecule has 0 saturated carbocycles. The summed E-state index contributed by atoms with van der Waals surface area (Å²) in [4.78, 5) is 0. The van der Waals surface area contributed by atoms with Gasteiger partial charge in [-0.3, -0.25) is 0 Å². The van der Waals surface area contributed by atoms with Crippen molar-refractivity contribution in [1.29, 1.82) is 0 Å². The summed E-state index contributed by atoms with van der Waals surface area (Å²) in [6, 6.07) is 27.8. The number of hydrogen-bond donors (Lipinski definition) is 0. The third-order valence-electron chi connectivity index (χ3n) is 6.32. The van der Waals surface area contributed by atoms with E-state index >= 15 is 0 Å². The van der Waals surface area contributed by atoms with E-state index in [9.17, 15) is 4.39 Å². The van der Waals surface area contributed by atoms with Gasteiger partial charge in [-0.15, -0.1) is 0 Å². The minimum absolute atomic E-state index is 0.231. The van der Waals surface area contributed by atoms with Crippen molar-refractivity contribution in [2.45, 2.75) is 6.92 Å². The van der Waals surface area contributed by atoms with E-state index in [1.165, 1.54) is 22.9 Å². The number of aryl methyl sites for hydroxylation is 2. The summed E-state index contributed by atoms with van der Waals surface area (Å²) in [6.07, 6.45) is 2.05. The molecule has 0 unspecified atom stereocenters. The zero-order valence-corrected chi connectivity index (χ0v) is 17.9. The van der Waals surface area contributed by atoms with Gasteiger partial charge in [-0.05, 0) is 52.6 Å². The Balaban J connectivity index is 1.66. The van der Waals surface area contributed by atoms with Crippen LogP contribution in [0.5, 0.6) is 0 Å². The Kier molecular flexibility index (Phi) is 4.12. The maximum absolute atomic E-state index is 13.4. The summed E-state index contributed by atoms with van der Waals surface area (Å²) >= 11 is 0. The van der Waals surface area contributed by atoms with Crippen molar-refractivity contribution < 1.29 is 13.4 Å². The smallest absolute Gasteiger partial charge is 0.216 e. The molecule has 2 nitrogen and oxygen atoms in total. The number of benzene rings is 4. The Labute approximate surface area is 185 Å². The van der Waals surface area contributed by atoms with Crippen LogP contribution in [0.4, 0.5) is 4.39 Å². The fourth-order valence-corrected chi connectivity index (χ4v) is 4.67. The van der Waals surface area contributed by atoms with Crippen LogP contribution >= 0.6 is 0 Å². The van der Waals surface area contributed by atoms with Crippen molar-refractivity contribution >= 4 is 32.7 Å². The lowest BCUT2D eigenvalue weighted by atomic mass is 9.97. The van der Waals surface area contributed by atoms with Crippen molar-refractivity contribution in [1.82, 2.24) is 0 Å². The van der Waals surface area contributed by atoms with E-state index in [1.54, 1.807) is 0 Å². The van der Waals surface area contributed by atoms with Gasteiger partial charge in [-0.2, -0.15) is 0 Å². The standard InChI is InChI=1S/C29H21FNO/c1-18-7-13-24-28-23-6-4-3-5-20(23)10-14-26(28)32-29(24)27(18)25-17-21(15-16-31(25)2)19-8-11-22(30)12-9-19/h3-17H,1-2H3/q+1. The Hall–Kier alpha value is -3.98. The van der Waals surface area contributed by atoms with Crippen molar-refractivity contribution in [2.75, 3.05) is 0 Å². The molecule has 3 heteroatoms. The summed E-state index contributed by atoms with van der Waals surface area (Å²) in [5.74, 6) is -0.231. The van der Waals surface area contributed by atoms with E-state index in [4.69, 9.17) is 4.42 Å². The lowest BCUT2D eigenvalue weighted by Crippen LogP contribution is -2.30. The third kappa shape index (κ3) is 2.82. The van der Waals surface area contributed by atoms with E-state index in [0.717, 1.165) is 49.9 Å². The molecule has 0 bridgehead atoms. The molecule has 6 rings (SSSR count). The number of halogens is 1. The molecule has 0 N–H and O–H groups in total. The molecule has 0 atom stereocenters. The van der Waals surface area contributed by atoms with Crippen LogP contribution in [0.2, 0.25) is 0 Å². The highest BCUT2D eigenvalue weighted by Crippen LogP contribution is 2.40. The van der Waals surface area contributed by atoms with Gasteiger partial charge in [0.25, 0.3) is 0 Å². The molecule has 0 aliphatic heterocycles. The second kappa shape index (κ2) is 7.03. The summed E-state index contributed by atoms with van der Waals surface area (Å²) in [5, 5.41) is 4.66. The highest BCUT2D eigenvalue weighted by molar-refractivity contribution is 6.20. The monoisotopic (exact) mass is 418 g/mol. The number of pyridine rings is 1. The first-order valence-corrected chi connectivity index (χ1v) is 10.7. The molecule has 0 radical (unpaired) electrons. The van der Waals surface area contributed by atoms with Gasteiger partial charge in [0.1, 0.15) is 24.0 Å². The van der Waals surface area contributed by atoms with Gasteiger partial charge in [-0.1, -0.05) is 54.6 Å². The highest BCUT2D eigenvalue weighted by Gasteiger charge is 2.22. The van der Waals surface area contributed by atoms with Gasteiger partial charge in [0.05, 0.1) is 5.56 Å². The van der Waals surface area contributed by atoms with E-state index < -0.39 is 0 Å². The average Bonchev–Trinajstić information content (AvgIpc) is 3.19. The van der Waals surface area contributed by atoms with Crippen LogP contribution in [0.1, 0.15) is 5.56 Å². The van der Waals surface area contributed by atoms with E-state index in [1.807, 2.05) is 25.4 Å². The van der Waals surface area contributed by atoms with Crippen LogP contribution in [0.15, 0.2) is 95.5 Å². The predicted molar refractivity (Wildman–Crippen MR) is 128 cm³/mol. The quantitative estimate of drug-likeness (QED) is 0.269. The molecule has 2 heterocycles. The Bertz CT molecular complexity index is 1640. The summed E-state index contributed by atoms with van der Waals surface area (Å²) in [5.41, 5.74) is 7.08. The number of hydrogen-bond acceptors (Lipinski definition) is 1. The Morgan fingerprint density at radius 3 is 2.44 bits per heavy atom. The van der Waals surface area contributed by atoms with Gasteiger partial charge in [0, 0.05) is 22.9 Å². The van der Waals surface area contributed by atoms with Crippen LogP contribution < -0.4 is 4.57 Å². The molecule has 6 aromatic rings. The first kappa shape index (κ1) is 18.8. The molecule has 0 spiro atoms. The van der Waals surface area contributed by atoms with E-state index in [-0.39, 0.29) is 5.82 Å². The molecular weight excluding hydrogens is 397 g/mol. The Morgan fingerprint density at radius 2 is 1.59 bits per heavy atom. The van der Waals surface area contributed by atoms with Crippen molar-refractivity contribution in [3.05, 3.63) is 103 Å². The lowest BCUT2D eigenvalue weighted by Gasteiger charge is -2.08. The summed E-state index contributed by atoms with van der Waals surface area (Å²) < 4.78 is 22.0. The highest BCUT2D eigenvalue weighted by atomic mass is 19.1. The molecule has 0 fully saturated rings. The first-order valence-electron chi connectivity index (χ1n) is 10.7. The maximum atomic E-state index is 13.4.